The summed E-state index contributed by atoms with van der Waals surface area (Å²) in [6.07, 6.45) is 0. The second kappa shape index (κ2) is 7.26. The Kier molecular flexibility index (Phi) is 4.89. The van der Waals surface area contributed by atoms with Crippen LogP contribution in [-0.2, 0) is 0 Å². The topological polar surface area (TPSA) is 47.6 Å². The van der Waals surface area contributed by atoms with Gasteiger partial charge < -0.3 is 14.8 Å². The van der Waals surface area contributed by atoms with E-state index < -0.39 is 0 Å². The van der Waals surface area contributed by atoms with Gasteiger partial charge in [-0.2, -0.15) is 0 Å². The Morgan fingerprint density at radius 1 is 0.920 bits per heavy atom. The van der Waals surface area contributed by atoms with Gasteiger partial charge in [0.15, 0.2) is 0 Å². The standard InChI is InChI=1S/C21H21NO3/c1-14(19-13-18(24-2)10-11-20(19)25-3)22-21(23)17-9-8-15-6-4-5-7-16(15)12-17/h4-14H,1-3H3,(H,22,23)/t14-/m1/s1. The molecule has 1 N–H and O–H groups in total. The minimum Gasteiger partial charge on any atom is -0.497 e. The number of methoxy groups -OCH3 is 2. The van der Waals surface area contributed by atoms with Crippen LogP contribution in [0.4, 0.5) is 0 Å². The fraction of sp³-hybridized carbons (Fsp3) is 0.190. The third-order valence-electron chi connectivity index (χ3n) is 4.26. The summed E-state index contributed by atoms with van der Waals surface area (Å²) < 4.78 is 10.7. The number of hydrogen-bond acceptors (Lipinski definition) is 3. The number of nitrogens with one attached hydrogen (secondary N) is 1. The number of carbonyl (C=O) groups is 1. The highest BCUT2D eigenvalue weighted by Crippen LogP contribution is 2.29. The molecule has 0 aliphatic carbocycles. The molecule has 25 heavy (non-hydrogen) atoms. The van der Waals surface area contributed by atoms with E-state index in [1.807, 2.05) is 67.6 Å². The minimum atomic E-state index is -0.218. The third-order valence-corrected chi connectivity index (χ3v) is 4.26. The molecule has 3 rings (SSSR count). The molecule has 0 spiro atoms. The molecule has 1 amide bonds. The lowest BCUT2D eigenvalue weighted by molar-refractivity contribution is 0.0939. The van der Waals surface area contributed by atoms with Gasteiger partial charge in [-0.1, -0.05) is 30.3 Å². The Hall–Kier alpha value is -3.01. The lowest BCUT2D eigenvalue weighted by atomic mass is 10.0. The van der Waals surface area contributed by atoms with Crippen molar-refractivity contribution in [2.24, 2.45) is 0 Å². The Bertz CT molecular complexity index is 905. The fourth-order valence-corrected chi connectivity index (χ4v) is 2.87. The molecule has 0 saturated heterocycles. The van der Waals surface area contributed by atoms with E-state index in [4.69, 9.17) is 9.47 Å². The molecule has 0 fully saturated rings. The smallest absolute Gasteiger partial charge is 0.251 e. The van der Waals surface area contributed by atoms with Crippen LogP contribution in [0.3, 0.4) is 0 Å². The molecule has 0 unspecified atom stereocenters. The molecule has 3 aromatic carbocycles. The van der Waals surface area contributed by atoms with Crippen molar-refractivity contribution in [3.8, 4) is 11.5 Å². The van der Waals surface area contributed by atoms with Crippen molar-refractivity contribution in [3.63, 3.8) is 0 Å². The minimum absolute atomic E-state index is 0.122. The Labute approximate surface area is 147 Å². The summed E-state index contributed by atoms with van der Waals surface area (Å²) >= 11 is 0. The van der Waals surface area contributed by atoms with Crippen molar-refractivity contribution in [1.29, 1.82) is 0 Å². The van der Waals surface area contributed by atoms with Crippen molar-refractivity contribution in [2.75, 3.05) is 14.2 Å². The van der Waals surface area contributed by atoms with Crippen LogP contribution >= 0.6 is 0 Å². The first-order valence-electron chi connectivity index (χ1n) is 8.14. The number of benzene rings is 3. The van der Waals surface area contributed by atoms with Crippen molar-refractivity contribution in [3.05, 3.63) is 71.8 Å². The number of amides is 1. The maximum Gasteiger partial charge on any atom is 0.251 e. The average molecular weight is 335 g/mol. The van der Waals surface area contributed by atoms with E-state index >= 15 is 0 Å². The highest BCUT2D eigenvalue weighted by Gasteiger charge is 2.16. The zero-order valence-electron chi connectivity index (χ0n) is 14.6. The van der Waals surface area contributed by atoms with Gasteiger partial charge in [0.25, 0.3) is 5.91 Å². The van der Waals surface area contributed by atoms with Gasteiger partial charge in [0, 0.05) is 11.1 Å². The third kappa shape index (κ3) is 3.58. The van der Waals surface area contributed by atoms with E-state index in [0.717, 1.165) is 22.1 Å². The molecule has 4 heteroatoms. The van der Waals surface area contributed by atoms with Crippen LogP contribution in [0.5, 0.6) is 11.5 Å². The van der Waals surface area contributed by atoms with Crippen molar-refractivity contribution >= 4 is 16.7 Å². The van der Waals surface area contributed by atoms with E-state index in [2.05, 4.69) is 5.32 Å². The Morgan fingerprint density at radius 3 is 2.40 bits per heavy atom. The van der Waals surface area contributed by atoms with Gasteiger partial charge in [-0.15, -0.1) is 0 Å². The molecule has 0 aliphatic heterocycles. The lowest BCUT2D eigenvalue weighted by Crippen LogP contribution is -2.27. The SMILES string of the molecule is COc1ccc(OC)c([C@@H](C)NC(=O)c2ccc3ccccc3c2)c1. The van der Waals surface area contributed by atoms with E-state index in [1.54, 1.807) is 14.2 Å². The summed E-state index contributed by atoms with van der Waals surface area (Å²) in [6.45, 7) is 1.93. The maximum atomic E-state index is 12.6. The van der Waals surface area contributed by atoms with Gasteiger partial charge in [0.05, 0.1) is 20.3 Å². The van der Waals surface area contributed by atoms with E-state index in [0.29, 0.717) is 11.3 Å². The molecule has 0 aliphatic rings. The molecule has 128 valence electrons. The van der Waals surface area contributed by atoms with E-state index in [1.165, 1.54) is 0 Å². The van der Waals surface area contributed by atoms with Gasteiger partial charge in [-0.25, -0.2) is 0 Å². The monoisotopic (exact) mass is 335 g/mol. The average Bonchev–Trinajstić information content (AvgIpc) is 2.66. The van der Waals surface area contributed by atoms with E-state index in [9.17, 15) is 4.79 Å². The highest BCUT2D eigenvalue weighted by atomic mass is 16.5. The predicted molar refractivity (Wildman–Crippen MR) is 99.4 cm³/mol. The van der Waals surface area contributed by atoms with Crippen LogP contribution in [0.15, 0.2) is 60.7 Å². The van der Waals surface area contributed by atoms with Gasteiger partial charge in [0.2, 0.25) is 0 Å². The maximum absolute atomic E-state index is 12.6. The van der Waals surface area contributed by atoms with Crippen molar-refractivity contribution < 1.29 is 14.3 Å². The first kappa shape index (κ1) is 16.8. The number of rotatable bonds is 5. The first-order chi connectivity index (χ1) is 12.1. The van der Waals surface area contributed by atoms with E-state index in [-0.39, 0.29) is 11.9 Å². The van der Waals surface area contributed by atoms with Crippen LogP contribution in [0.2, 0.25) is 0 Å². The number of carbonyl (C=O) groups excluding carboxylic acids is 1. The molecule has 0 bridgehead atoms. The summed E-state index contributed by atoms with van der Waals surface area (Å²) in [6, 6.07) is 19.0. The summed E-state index contributed by atoms with van der Waals surface area (Å²) in [5, 5.41) is 5.18. The van der Waals surface area contributed by atoms with Gasteiger partial charge >= 0.3 is 0 Å². The second-order valence-electron chi connectivity index (χ2n) is 5.86. The number of ether oxygens (including phenoxy) is 2. The van der Waals surface area contributed by atoms with Crippen LogP contribution in [0.25, 0.3) is 10.8 Å². The summed E-state index contributed by atoms with van der Waals surface area (Å²) in [5.74, 6) is 1.32. The van der Waals surface area contributed by atoms with Crippen molar-refractivity contribution in [2.45, 2.75) is 13.0 Å². The lowest BCUT2D eigenvalue weighted by Gasteiger charge is -2.18. The first-order valence-corrected chi connectivity index (χ1v) is 8.14. The molecule has 4 nitrogen and oxygen atoms in total. The molecule has 0 saturated carbocycles. The summed E-state index contributed by atoms with van der Waals surface area (Å²) in [5.41, 5.74) is 1.50. The normalized spacial score (nSPS) is 11.8. The Morgan fingerprint density at radius 2 is 1.68 bits per heavy atom. The van der Waals surface area contributed by atoms with Gasteiger partial charge in [-0.3, -0.25) is 4.79 Å². The number of fused-ring (bicyclic) bond motifs is 1. The van der Waals surface area contributed by atoms with Crippen LogP contribution < -0.4 is 14.8 Å². The molecule has 0 heterocycles. The van der Waals surface area contributed by atoms with Crippen LogP contribution in [-0.4, -0.2) is 20.1 Å². The molecular formula is C21H21NO3. The molecular weight excluding hydrogens is 314 g/mol. The zero-order valence-corrected chi connectivity index (χ0v) is 14.6. The molecule has 0 radical (unpaired) electrons. The predicted octanol–water partition coefficient (Wildman–Crippen LogP) is 4.35. The van der Waals surface area contributed by atoms with Gasteiger partial charge in [0.1, 0.15) is 11.5 Å². The zero-order chi connectivity index (χ0) is 17.8. The quantitative estimate of drug-likeness (QED) is 0.754. The largest absolute Gasteiger partial charge is 0.497 e. The van der Waals surface area contributed by atoms with Crippen LogP contribution in [0.1, 0.15) is 28.9 Å². The molecule has 0 aromatic heterocycles. The Balaban J connectivity index is 1.84. The number of hydrogen-bond donors (Lipinski definition) is 1. The van der Waals surface area contributed by atoms with Gasteiger partial charge in [-0.05, 0) is 48.0 Å². The summed E-state index contributed by atoms with van der Waals surface area (Å²) in [7, 11) is 3.23. The second-order valence-corrected chi connectivity index (χ2v) is 5.86. The molecule has 3 aromatic rings. The highest BCUT2D eigenvalue weighted by molar-refractivity contribution is 5.98. The molecule has 1 atom stereocenters. The van der Waals surface area contributed by atoms with Crippen LogP contribution in [0, 0.1) is 0 Å². The summed E-state index contributed by atoms with van der Waals surface area (Å²) in [4.78, 5) is 12.6. The fourth-order valence-electron chi connectivity index (χ4n) is 2.87. The van der Waals surface area contributed by atoms with Crippen molar-refractivity contribution in [1.82, 2.24) is 5.32 Å².